The summed E-state index contributed by atoms with van der Waals surface area (Å²) in [7, 11) is 1.87. The van der Waals surface area contributed by atoms with Crippen LogP contribution in [0.4, 0.5) is 5.69 Å². The van der Waals surface area contributed by atoms with Gasteiger partial charge in [0, 0.05) is 30.4 Å². The lowest BCUT2D eigenvalue weighted by Gasteiger charge is -2.15. The molecule has 124 valence electrons. The molecule has 1 N–H and O–H groups in total. The van der Waals surface area contributed by atoms with Crippen molar-refractivity contribution in [2.75, 3.05) is 5.32 Å². The molecule has 24 heavy (non-hydrogen) atoms. The largest absolute Gasteiger partial charge is 0.347 e. The van der Waals surface area contributed by atoms with E-state index in [0.717, 1.165) is 16.8 Å². The maximum absolute atomic E-state index is 12.3. The van der Waals surface area contributed by atoms with Crippen molar-refractivity contribution < 1.29 is 4.79 Å². The molecule has 0 aliphatic heterocycles. The van der Waals surface area contributed by atoms with Crippen LogP contribution >= 0.6 is 0 Å². The fourth-order valence-electron chi connectivity index (χ4n) is 3.20. The molecule has 1 amide bonds. The van der Waals surface area contributed by atoms with Gasteiger partial charge in [0.2, 0.25) is 0 Å². The Kier molecular flexibility index (Phi) is 5.05. The van der Waals surface area contributed by atoms with Crippen molar-refractivity contribution in [3.8, 4) is 11.8 Å². The van der Waals surface area contributed by atoms with E-state index >= 15 is 0 Å². The van der Waals surface area contributed by atoms with Crippen molar-refractivity contribution in [1.82, 2.24) is 4.57 Å². The van der Waals surface area contributed by atoms with Crippen LogP contribution in [0.2, 0.25) is 0 Å². The Hall–Kier alpha value is -2.47. The van der Waals surface area contributed by atoms with Crippen molar-refractivity contribution in [2.24, 2.45) is 13.0 Å². The first kappa shape index (κ1) is 16.4. The molecule has 0 bridgehead atoms. The summed E-state index contributed by atoms with van der Waals surface area (Å²) in [6, 6.07) is 9.67. The van der Waals surface area contributed by atoms with Crippen LogP contribution in [0.25, 0.3) is 0 Å². The first-order valence-electron chi connectivity index (χ1n) is 8.68. The predicted molar refractivity (Wildman–Crippen MR) is 98.0 cm³/mol. The zero-order valence-corrected chi connectivity index (χ0v) is 14.4. The number of hydrogen-bond acceptors (Lipinski definition) is 1. The molecular formula is C21H24N2O. The molecule has 1 aliphatic carbocycles. The summed E-state index contributed by atoms with van der Waals surface area (Å²) in [6.45, 7) is 2.01. The van der Waals surface area contributed by atoms with Gasteiger partial charge in [-0.25, -0.2) is 0 Å². The van der Waals surface area contributed by atoms with Crippen molar-refractivity contribution >= 4 is 11.6 Å². The summed E-state index contributed by atoms with van der Waals surface area (Å²) in [5.74, 6) is 7.18. The molecule has 0 unspecified atom stereocenters. The highest BCUT2D eigenvalue weighted by Crippen LogP contribution is 2.23. The first-order chi connectivity index (χ1) is 11.6. The lowest BCUT2D eigenvalue weighted by molar-refractivity contribution is 0.101. The van der Waals surface area contributed by atoms with Crippen LogP contribution in [0.1, 0.15) is 53.7 Å². The minimum Gasteiger partial charge on any atom is -0.347 e. The van der Waals surface area contributed by atoms with Gasteiger partial charge in [0.1, 0.15) is 5.69 Å². The standard InChI is InChI=1S/C21H24N2O/c1-16-15-18(11-10-17-7-4-3-5-8-17)12-13-19(16)22-21(24)20-9-6-14-23(20)2/h6,9,12-15,17H,3-5,7-8H2,1-2H3,(H,22,24). The normalized spacial score (nSPS) is 14.8. The maximum Gasteiger partial charge on any atom is 0.272 e. The van der Waals surface area contributed by atoms with Crippen molar-refractivity contribution in [1.29, 1.82) is 0 Å². The van der Waals surface area contributed by atoms with Crippen molar-refractivity contribution in [3.05, 3.63) is 53.3 Å². The second kappa shape index (κ2) is 7.40. The van der Waals surface area contributed by atoms with Gasteiger partial charge < -0.3 is 9.88 Å². The Bertz CT molecular complexity index is 786. The molecule has 1 aromatic heterocycles. The van der Waals surface area contributed by atoms with Gasteiger partial charge in [-0.15, -0.1) is 0 Å². The van der Waals surface area contributed by atoms with Gasteiger partial charge in [-0.05, 0) is 55.7 Å². The molecule has 0 saturated heterocycles. The number of aromatic nitrogens is 1. The van der Waals surface area contributed by atoms with E-state index in [0.29, 0.717) is 11.6 Å². The fraction of sp³-hybridized carbons (Fsp3) is 0.381. The predicted octanol–water partition coefficient (Wildman–Crippen LogP) is 4.52. The number of benzene rings is 1. The van der Waals surface area contributed by atoms with Crippen LogP contribution in [0.15, 0.2) is 36.5 Å². The number of aryl methyl sites for hydroxylation is 2. The van der Waals surface area contributed by atoms with Crippen LogP contribution in [0, 0.1) is 24.7 Å². The van der Waals surface area contributed by atoms with Crippen LogP contribution in [0.3, 0.4) is 0 Å². The summed E-state index contributed by atoms with van der Waals surface area (Å²) >= 11 is 0. The molecule has 2 aromatic rings. The third-order valence-electron chi connectivity index (χ3n) is 4.68. The number of carbonyl (C=O) groups is 1. The third-order valence-corrected chi connectivity index (χ3v) is 4.68. The molecule has 1 aliphatic rings. The third kappa shape index (κ3) is 3.89. The second-order valence-electron chi connectivity index (χ2n) is 6.59. The smallest absolute Gasteiger partial charge is 0.272 e. The minimum atomic E-state index is -0.0911. The first-order valence-corrected chi connectivity index (χ1v) is 8.68. The van der Waals surface area contributed by atoms with E-state index in [2.05, 4.69) is 23.2 Å². The van der Waals surface area contributed by atoms with Gasteiger partial charge in [-0.1, -0.05) is 31.1 Å². The Balaban J connectivity index is 1.69. The van der Waals surface area contributed by atoms with Gasteiger partial charge in [0.25, 0.3) is 5.91 Å². The quantitative estimate of drug-likeness (QED) is 0.811. The summed E-state index contributed by atoms with van der Waals surface area (Å²) in [6.07, 6.45) is 8.30. The summed E-state index contributed by atoms with van der Waals surface area (Å²) in [5, 5.41) is 2.98. The zero-order valence-electron chi connectivity index (χ0n) is 14.4. The monoisotopic (exact) mass is 320 g/mol. The van der Waals surface area contributed by atoms with Gasteiger partial charge in [0.15, 0.2) is 0 Å². The average Bonchev–Trinajstić information content (AvgIpc) is 3.02. The SMILES string of the molecule is Cc1cc(C#CC2CCCCC2)ccc1NC(=O)c1cccn1C. The number of hydrogen-bond donors (Lipinski definition) is 1. The number of rotatable bonds is 2. The summed E-state index contributed by atoms with van der Waals surface area (Å²) in [5.41, 5.74) is 3.54. The fourth-order valence-corrected chi connectivity index (χ4v) is 3.20. The highest BCUT2D eigenvalue weighted by atomic mass is 16.1. The molecule has 3 heteroatoms. The summed E-state index contributed by atoms with van der Waals surface area (Å²) in [4.78, 5) is 12.3. The second-order valence-corrected chi connectivity index (χ2v) is 6.59. The van der Waals surface area contributed by atoms with E-state index in [1.807, 2.05) is 49.0 Å². The molecule has 1 aromatic carbocycles. The molecule has 1 saturated carbocycles. The van der Waals surface area contributed by atoms with Crippen LogP contribution in [0.5, 0.6) is 0 Å². The Morgan fingerprint density at radius 1 is 1.21 bits per heavy atom. The Labute approximate surface area is 144 Å². The van der Waals surface area contributed by atoms with Crippen LogP contribution < -0.4 is 5.32 Å². The minimum absolute atomic E-state index is 0.0911. The van der Waals surface area contributed by atoms with Gasteiger partial charge in [-0.2, -0.15) is 0 Å². The maximum atomic E-state index is 12.3. The van der Waals surface area contributed by atoms with Gasteiger partial charge >= 0.3 is 0 Å². The topological polar surface area (TPSA) is 34.0 Å². The van der Waals surface area contributed by atoms with Crippen molar-refractivity contribution in [3.63, 3.8) is 0 Å². The lowest BCUT2D eigenvalue weighted by atomic mass is 9.89. The number of anilines is 1. The van der Waals surface area contributed by atoms with Crippen molar-refractivity contribution in [2.45, 2.75) is 39.0 Å². The van der Waals surface area contributed by atoms with E-state index < -0.39 is 0 Å². The lowest BCUT2D eigenvalue weighted by Crippen LogP contribution is -2.16. The molecule has 3 nitrogen and oxygen atoms in total. The average molecular weight is 320 g/mol. The summed E-state index contributed by atoms with van der Waals surface area (Å²) < 4.78 is 1.81. The number of nitrogens with zero attached hydrogens (tertiary/aromatic N) is 1. The Morgan fingerprint density at radius 3 is 2.67 bits per heavy atom. The molecular weight excluding hydrogens is 296 g/mol. The van der Waals surface area contributed by atoms with E-state index in [1.54, 1.807) is 0 Å². The molecule has 3 rings (SSSR count). The molecule has 1 fully saturated rings. The van der Waals surface area contributed by atoms with E-state index in [1.165, 1.54) is 32.1 Å². The highest BCUT2D eigenvalue weighted by Gasteiger charge is 2.11. The molecule has 0 spiro atoms. The number of carbonyl (C=O) groups excluding carboxylic acids is 1. The molecule has 0 atom stereocenters. The molecule has 1 heterocycles. The zero-order chi connectivity index (χ0) is 16.9. The van der Waals surface area contributed by atoms with E-state index in [-0.39, 0.29) is 5.91 Å². The van der Waals surface area contributed by atoms with Crippen LogP contribution in [-0.2, 0) is 7.05 Å². The van der Waals surface area contributed by atoms with E-state index in [4.69, 9.17) is 0 Å². The number of amides is 1. The van der Waals surface area contributed by atoms with Crippen LogP contribution in [-0.4, -0.2) is 10.5 Å². The van der Waals surface area contributed by atoms with E-state index in [9.17, 15) is 4.79 Å². The molecule has 0 radical (unpaired) electrons. The Morgan fingerprint density at radius 2 is 2.00 bits per heavy atom. The van der Waals surface area contributed by atoms with Gasteiger partial charge in [0.05, 0.1) is 0 Å². The highest BCUT2D eigenvalue weighted by molar-refractivity contribution is 6.03. The number of nitrogens with one attached hydrogen (secondary N) is 1. The van der Waals surface area contributed by atoms with Gasteiger partial charge in [-0.3, -0.25) is 4.79 Å².